The van der Waals surface area contributed by atoms with Gasteiger partial charge in [-0.2, -0.15) is 0 Å². The molecule has 0 atom stereocenters. The van der Waals surface area contributed by atoms with Crippen molar-refractivity contribution in [3.05, 3.63) is 35.4 Å². The second-order valence-corrected chi connectivity index (χ2v) is 4.95. The minimum Gasteiger partial charge on any atom is -0.465 e. The lowest BCUT2D eigenvalue weighted by atomic mass is 10.1. The summed E-state index contributed by atoms with van der Waals surface area (Å²) >= 11 is 0. The van der Waals surface area contributed by atoms with Gasteiger partial charge in [0, 0.05) is 13.7 Å². The first-order chi connectivity index (χ1) is 8.98. The van der Waals surface area contributed by atoms with Crippen LogP contribution in [0.2, 0.25) is 0 Å². The molecule has 0 heterocycles. The van der Waals surface area contributed by atoms with Crippen LogP contribution in [0, 0.1) is 0 Å². The molecule has 0 saturated carbocycles. The van der Waals surface area contributed by atoms with Crippen molar-refractivity contribution in [2.75, 3.05) is 20.8 Å². The number of methoxy groups -OCH3 is 2. The van der Waals surface area contributed by atoms with Gasteiger partial charge in [-0.25, -0.2) is 4.79 Å². The second kappa shape index (κ2) is 7.26. The average molecular weight is 266 g/mol. The number of carbonyl (C=O) groups excluding carboxylic acids is 1. The molecule has 1 aromatic carbocycles. The number of hydrogen-bond acceptors (Lipinski definition) is 4. The van der Waals surface area contributed by atoms with Gasteiger partial charge in [0.15, 0.2) is 0 Å². The number of ether oxygens (including phenoxy) is 3. The molecule has 0 aromatic heterocycles. The lowest BCUT2D eigenvalue weighted by Crippen LogP contribution is -2.24. The molecule has 4 nitrogen and oxygen atoms in total. The zero-order chi connectivity index (χ0) is 14.3. The second-order valence-electron chi connectivity index (χ2n) is 4.95. The van der Waals surface area contributed by atoms with Crippen LogP contribution in [0.25, 0.3) is 0 Å². The van der Waals surface area contributed by atoms with Gasteiger partial charge < -0.3 is 14.2 Å². The summed E-state index contributed by atoms with van der Waals surface area (Å²) in [5.41, 5.74) is 1.42. The zero-order valence-corrected chi connectivity index (χ0v) is 12.1. The van der Waals surface area contributed by atoms with E-state index in [1.54, 1.807) is 19.2 Å². The van der Waals surface area contributed by atoms with Crippen molar-refractivity contribution in [2.24, 2.45) is 0 Å². The molecule has 0 unspecified atom stereocenters. The van der Waals surface area contributed by atoms with Crippen LogP contribution >= 0.6 is 0 Å². The molecule has 0 spiro atoms. The number of carbonyl (C=O) groups is 1. The first-order valence-corrected chi connectivity index (χ1v) is 6.28. The van der Waals surface area contributed by atoms with Crippen LogP contribution in [-0.2, 0) is 20.8 Å². The van der Waals surface area contributed by atoms with Crippen molar-refractivity contribution in [2.45, 2.75) is 32.5 Å². The highest BCUT2D eigenvalue weighted by Gasteiger charge is 2.15. The predicted molar refractivity (Wildman–Crippen MR) is 73.1 cm³/mol. The first kappa shape index (κ1) is 15.7. The van der Waals surface area contributed by atoms with Gasteiger partial charge in [0.05, 0.1) is 24.9 Å². The zero-order valence-electron chi connectivity index (χ0n) is 12.1. The van der Waals surface area contributed by atoms with E-state index in [0.29, 0.717) is 18.8 Å². The van der Waals surface area contributed by atoms with Gasteiger partial charge in [0.1, 0.15) is 0 Å². The Hall–Kier alpha value is -1.39. The molecular formula is C15H22O4. The standard InChI is InChI=1S/C15H22O4/c1-15(2,18-4)9-10-19-11-12-5-7-13(8-6-12)14(16)17-3/h5-8H,9-11H2,1-4H3. The van der Waals surface area contributed by atoms with E-state index >= 15 is 0 Å². The Morgan fingerprint density at radius 2 is 1.79 bits per heavy atom. The quantitative estimate of drug-likeness (QED) is 0.562. The van der Waals surface area contributed by atoms with Gasteiger partial charge in [-0.3, -0.25) is 0 Å². The van der Waals surface area contributed by atoms with Crippen molar-refractivity contribution in [1.29, 1.82) is 0 Å². The van der Waals surface area contributed by atoms with Crippen molar-refractivity contribution in [3.8, 4) is 0 Å². The van der Waals surface area contributed by atoms with E-state index < -0.39 is 0 Å². The molecule has 0 aliphatic heterocycles. The summed E-state index contributed by atoms with van der Waals surface area (Å²) in [5.74, 6) is -0.325. The van der Waals surface area contributed by atoms with Gasteiger partial charge in [-0.05, 0) is 38.0 Å². The van der Waals surface area contributed by atoms with Crippen molar-refractivity contribution in [1.82, 2.24) is 0 Å². The summed E-state index contributed by atoms with van der Waals surface area (Å²) in [6.07, 6.45) is 0.837. The summed E-state index contributed by atoms with van der Waals surface area (Å²) in [6.45, 7) is 5.23. The summed E-state index contributed by atoms with van der Waals surface area (Å²) in [5, 5.41) is 0. The minimum absolute atomic E-state index is 0.158. The van der Waals surface area contributed by atoms with Crippen LogP contribution < -0.4 is 0 Å². The van der Waals surface area contributed by atoms with Crippen LogP contribution in [0.5, 0.6) is 0 Å². The molecule has 4 heteroatoms. The van der Waals surface area contributed by atoms with E-state index in [0.717, 1.165) is 12.0 Å². The number of benzene rings is 1. The Morgan fingerprint density at radius 1 is 1.16 bits per heavy atom. The number of rotatable bonds is 7. The van der Waals surface area contributed by atoms with Gasteiger partial charge in [-0.15, -0.1) is 0 Å². The van der Waals surface area contributed by atoms with E-state index in [1.807, 2.05) is 26.0 Å². The largest absolute Gasteiger partial charge is 0.465 e. The Bertz CT molecular complexity index is 395. The molecule has 106 valence electrons. The molecule has 19 heavy (non-hydrogen) atoms. The van der Waals surface area contributed by atoms with Crippen LogP contribution in [-0.4, -0.2) is 32.4 Å². The molecule has 1 aromatic rings. The third-order valence-electron chi connectivity index (χ3n) is 3.04. The molecule has 1 rings (SSSR count). The molecule has 0 aliphatic carbocycles. The third-order valence-corrected chi connectivity index (χ3v) is 3.04. The smallest absolute Gasteiger partial charge is 0.337 e. The van der Waals surface area contributed by atoms with E-state index in [1.165, 1.54) is 7.11 Å². The van der Waals surface area contributed by atoms with E-state index in [2.05, 4.69) is 4.74 Å². The maximum atomic E-state index is 11.3. The molecule has 0 N–H and O–H groups in total. The molecule has 0 radical (unpaired) electrons. The SMILES string of the molecule is COC(=O)c1ccc(COCCC(C)(C)OC)cc1. The number of hydrogen-bond donors (Lipinski definition) is 0. The summed E-state index contributed by atoms with van der Waals surface area (Å²) < 4.78 is 15.5. The third kappa shape index (κ3) is 5.41. The highest BCUT2D eigenvalue weighted by Crippen LogP contribution is 2.13. The maximum absolute atomic E-state index is 11.3. The molecule has 0 saturated heterocycles. The van der Waals surface area contributed by atoms with Crippen molar-refractivity contribution < 1.29 is 19.0 Å². The highest BCUT2D eigenvalue weighted by atomic mass is 16.5. The van der Waals surface area contributed by atoms with Crippen LogP contribution in [0.15, 0.2) is 24.3 Å². The van der Waals surface area contributed by atoms with Crippen LogP contribution in [0.3, 0.4) is 0 Å². The fourth-order valence-corrected chi connectivity index (χ4v) is 1.46. The van der Waals surface area contributed by atoms with E-state index in [-0.39, 0.29) is 11.6 Å². The normalized spacial score (nSPS) is 11.4. The fourth-order valence-electron chi connectivity index (χ4n) is 1.46. The van der Waals surface area contributed by atoms with Crippen LogP contribution in [0.4, 0.5) is 0 Å². The fraction of sp³-hybridized carbons (Fsp3) is 0.533. The van der Waals surface area contributed by atoms with Crippen molar-refractivity contribution >= 4 is 5.97 Å². The average Bonchev–Trinajstić information content (AvgIpc) is 2.43. The lowest BCUT2D eigenvalue weighted by molar-refractivity contribution is -0.0124. The molecule has 0 bridgehead atoms. The summed E-state index contributed by atoms with van der Waals surface area (Å²) in [6, 6.07) is 7.22. The Kier molecular flexibility index (Phi) is 5.99. The molecule has 0 aliphatic rings. The molecular weight excluding hydrogens is 244 g/mol. The van der Waals surface area contributed by atoms with Crippen LogP contribution in [0.1, 0.15) is 36.2 Å². The predicted octanol–water partition coefficient (Wildman–Crippen LogP) is 2.80. The van der Waals surface area contributed by atoms with Gasteiger partial charge in [0.25, 0.3) is 0 Å². The van der Waals surface area contributed by atoms with Gasteiger partial charge in [-0.1, -0.05) is 12.1 Å². The van der Waals surface area contributed by atoms with Crippen molar-refractivity contribution in [3.63, 3.8) is 0 Å². The minimum atomic E-state index is -0.325. The first-order valence-electron chi connectivity index (χ1n) is 6.28. The Balaban J connectivity index is 2.36. The maximum Gasteiger partial charge on any atom is 0.337 e. The highest BCUT2D eigenvalue weighted by molar-refractivity contribution is 5.89. The Morgan fingerprint density at radius 3 is 2.32 bits per heavy atom. The lowest BCUT2D eigenvalue weighted by Gasteiger charge is -2.22. The van der Waals surface area contributed by atoms with E-state index in [9.17, 15) is 4.79 Å². The molecule has 0 fully saturated rings. The molecule has 0 amide bonds. The summed E-state index contributed by atoms with van der Waals surface area (Å²) in [4.78, 5) is 11.3. The van der Waals surface area contributed by atoms with Gasteiger partial charge >= 0.3 is 5.97 Å². The monoisotopic (exact) mass is 266 g/mol. The topological polar surface area (TPSA) is 44.8 Å². The Labute approximate surface area is 114 Å². The summed E-state index contributed by atoms with van der Waals surface area (Å²) in [7, 11) is 3.07. The van der Waals surface area contributed by atoms with Gasteiger partial charge in [0.2, 0.25) is 0 Å². The van der Waals surface area contributed by atoms with E-state index in [4.69, 9.17) is 9.47 Å². The number of esters is 1.